The smallest absolute Gasteiger partial charge is 0.254 e. The van der Waals surface area contributed by atoms with Gasteiger partial charge in [-0.3, -0.25) is 14.5 Å². The number of carbonyl (C=O) groups is 1. The Hall–Kier alpha value is -2.22. The monoisotopic (exact) mass is 348 g/mol. The molecule has 7 nitrogen and oxygen atoms in total. The van der Waals surface area contributed by atoms with Gasteiger partial charge in [0.25, 0.3) is 5.91 Å². The Bertz CT molecular complexity index is 830. The molecule has 1 aliphatic heterocycles. The Morgan fingerprint density at radius 2 is 2.25 bits per heavy atom. The third-order valence-corrected chi connectivity index (χ3v) is 5.99. The van der Waals surface area contributed by atoms with Crippen LogP contribution in [0.25, 0.3) is 0 Å². The van der Waals surface area contributed by atoms with Crippen LogP contribution in [-0.4, -0.2) is 47.1 Å². The molecule has 3 rings (SSSR count). The van der Waals surface area contributed by atoms with Crippen molar-refractivity contribution in [3.05, 3.63) is 47.5 Å². The molecule has 0 bridgehead atoms. The largest absolute Gasteiger partial charge is 0.352 e. The van der Waals surface area contributed by atoms with Crippen LogP contribution in [-0.2, 0) is 16.3 Å². The Kier molecular flexibility index (Phi) is 4.66. The van der Waals surface area contributed by atoms with Crippen molar-refractivity contribution in [3.8, 4) is 0 Å². The van der Waals surface area contributed by atoms with Crippen LogP contribution in [0.4, 0.5) is 0 Å². The molecule has 0 unspecified atom stereocenters. The zero-order valence-electron chi connectivity index (χ0n) is 13.5. The maximum absolute atomic E-state index is 12.3. The first-order chi connectivity index (χ1) is 11.5. The number of carbonyl (C=O) groups excluding carboxylic acids is 1. The second-order valence-electron chi connectivity index (χ2n) is 5.97. The number of hydrogen-bond donors (Lipinski definition) is 1. The molecule has 128 valence electrons. The summed E-state index contributed by atoms with van der Waals surface area (Å²) in [6.45, 7) is 2.28. The highest BCUT2D eigenvalue weighted by Crippen LogP contribution is 2.25. The third-order valence-electron chi connectivity index (χ3n) is 4.24. The average Bonchev–Trinajstić information content (AvgIpc) is 3.10. The van der Waals surface area contributed by atoms with E-state index in [4.69, 9.17) is 0 Å². The molecule has 0 saturated carbocycles. The van der Waals surface area contributed by atoms with Crippen molar-refractivity contribution >= 4 is 15.7 Å². The highest BCUT2D eigenvalue weighted by atomic mass is 32.2. The van der Waals surface area contributed by atoms with Gasteiger partial charge in [0.2, 0.25) is 0 Å². The summed E-state index contributed by atoms with van der Waals surface area (Å²) in [4.78, 5) is 16.5. The van der Waals surface area contributed by atoms with E-state index in [2.05, 4.69) is 15.4 Å². The fraction of sp³-hybridized carbons (Fsp3) is 0.438. The second kappa shape index (κ2) is 6.72. The summed E-state index contributed by atoms with van der Waals surface area (Å²) in [6.07, 6.45) is 4.43. The summed E-state index contributed by atoms with van der Waals surface area (Å²) >= 11 is 0. The van der Waals surface area contributed by atoms with Crippen LogP contribution in [0.2, 0.25) is 0 Å². The number of nitrogens with zero attached hydrogens (tertiary/aromatic N) is 3. The van der Waals surface area contributed by atoms with Crippen molar-refractivity contribution in [2.75, 3.05) is 18.1 Å². The summed E-state index contributed by atoms with van der Waals surface area (Å²) < 4.78 is 24.9. The van der Waals surface area contributed by atoms with Crippen LogP contribution in [0.5, 0.6) is 0 Å². The molecule has 1 N–H and O–H groups in total. The van der Waals surface area contributed by atoms with E-state index >= 15 is 0 Å². The van der Waals surface area contributed by atoms with E-state index < -0.39 is 9.84 Å². The highest BCUT2D eigenvalue weighted by Gasteiger charge is 2.31. The molecule has 1 saturated heterocycles. The van der Waals surface area contributed by atoms with E-state index in [9.17, 15) is 13.2 Å². The lowest BCUT2D eigenvalue weighted by molar-refractivity contribution is 0.0953. The Balaban J connectivity index is 1.62. The first kappa shape index (κ1) is 16.6. The van der Waals surface area contributed by atoms with Crippen LogP contribution in [0.3, 0.4) is 0 Å². The van der Waals surface area contributed by atoms with Crippen molar-refractivity contribution < 1.29 is 13.2 Å². The first-order valence-electron chi connectivity index (χ1n) is 7.89. The summed E-state index contributed by atoms with van der Waals surface area (Å²) in [5.41, 5.74) is 2.11. The molecule has 0 radical (unpaired) electrons. The number of aromatic nitrogens is 3. The Morgan fingerprint density at radius 1 is 1.42 bits per heavy atom. The molecule has 1 atom stereocenters. The minimum atomic E-state index is -2.98. The van der Waals surface area contributed by atoms with E-state index in [-0.39, 0.29) is 23.5 Å². The van der Waals surface area contributed by atoms with Gasteiger partial charge in [-0.25, -0.2) is 8.42 Å². The molecule has 0 aromatic carbocycles. The number of amides is 1. The summed E-state index contributed by atoms with van der Waals surface area (Å²) in [7, 11) is -2.98. The number of sulfone groups is 1. The van der Waals surface area contributed by atoms with Gasteiger partial charge in [0, 0.05) is 30.6 Å². The van der Waals surface area contributed by atoms with Gasteiger partial charge < -0.3 is 5.32 Å². The molecule has 8 heteroatoms. The van der Waals surface area contributed by atoms with E-state index in [0.29, 0.717) is 30.6 Å². The standard InChI is InChI=1S/C16H20N4O3S/c1-12-15(10-19-20(12)14-6-9-24(22,23)11-14)16(21)18-8-5-13-4-2-3-7-17-13/h2-4,7,10,14H,5-6,8-9,11H2,1H3,(H,18,21)/t14-/m1/s1. The number of pyridine rings is 1. The fourth-order valence-electron chi connectivity index (χ4n) is 2.93. The van der Waals surface area contributed by atoms with Gasteiger partial charge in [0.1, 0.15) is 0 Å². The second-order valence-corrected chi connectivity index (χ2v) is 8.20. The average molecular weight is 348 g/mol. The zero-order valence-corrected chi connectivity index (χ0v) is 14.3. The van der Waals surface area contributed by atoms with Crippen molar-refractivity contribution in [2.45, 2.75) is 25.8 Å². The number of hydrogen-bond acceptors (Lipinski definition) is 5. The molecule has 0 spiro atoms. The summed E-state index contributed by atoms with van der Waals surface area (Å²) in [6, 6.07) is 5.50. The Labute approximate surface area is 141 Å². The van der Waals surface area contributed by atoms with Crippen LogP contribution in [0.15, 0.2) is 30.6 Å². The van der Waals surface area contributed by atoms with E-state index in [0.717, 1.165) is 5.69 Å². The van der Waals surface area contributed by atoms with Gasteiger partial charge in [-0.1, -0.05) is 6.07 Å². The topological polar surface area (TPSA) is 93.9 Å². The van der Waals surface area contributed by atoms with Crippen molar-refractivity contribution in [1.29, 1.82) is 0 Å². The minimum absolute atomic E-state index is 0.0935. The van der Waals surface area contributed by atoms with E-state index in [1.54, 1.807) is 17.8 Å². The molecule has 1 fully saturated rings. The maximum atomic E-state index is 12.3. The van der Waals surface area contributed by atoms with Crippen LogP contribution in [0, 0.1) is 6.92 Å². The van der Waals surface area contributed by atoms with Crippen molar-refractivity contribution in [3.63, 3.8) is 0 Å². The van der Waals surface area contributed by atoms with Gasteiger partial charge in [0.15, 0.2) is 9.84 Å². The lowest BCUT2D eigenvalue weighted by Gasteiger charge is -2.11. The van der Waals surface area contributed by atoms with E-state index in [1.165, 1.54) is 6.20 Å². The zero-order chi connectivity index (χ0) is 17.2. The van der Waals surface area contributed by atoms with Gasteiger partial charge in [-0.15, -0.1) is 0 Å². The predicted octanol–water partition coefficient (Wildman–Crippen LogP) is 0.919. The molecule has 2 aromatic rings. The third kappa shape index (κ3) is 3.64. The lowest BCUT2D eigenvalue weighted by atomic mass is 10.2. The molecule has 3 heterocycles. The molecule has 1 aliphatic rings. The van der Waals surface area contributed by atoms with Gasteiger partial charge in [0.05, 0.1) is 29.3 Å². The Morgan fingerprint density at radius 3 is 2.92 bits per heavy atom. The minimum Gasteiger partial charge on any atom is -0.352 e. The highest BCUT2D eigenvalue weighted by molar-refractivity contribution is 7.91. The normalized spacial score (nSPS) is 19.3. The van der Waals surface area contributed by atoms with Crippen LogP contribution in [0.1, 0.15) is 34.2 Å². The molecule has 1 amide bonds. The molecular formula is C16H20N4O3S. The fourth-order valence-corrected chi connectivity index (χ4v) is 4.62. The SMILES string of the molecule is Cc1c(C(=O)NCCc2ccccn2)cnn1[C@@H]1CCS(=O)(=O)C1. The van der Waals surface area contributed by atoms with Gasteiger partial charge in [-0.05, 0) is 25.5 Å². The number of nitrogens with one attached hydrogen (secondary N) is 1. The molecule has 24 heavy (non-hydrogen) atoms. The summed E-state index contributed by atoms with van der Waals surface area (Å²) in [5, 5.41) is 7.09. The molecule has 0 aliphatic carbocycles. The summed E-state index contributed by atoms with van der Waals surface area (Å²) in [5.74, 6) is 0.0780. The van der Waals surface area contributed by atoms with Gasteiger partial charge in [-0.2, -0.15) is 5.10 Å². The quantitative estimate of drug-likeness (QED) is 0.867. The molecule has 2 aromatic heterocycles. The van der Waals surface area contributed by atoms with Crippen molar-refractivity contribution in [2.24, 2.45) is 0 Å². The van der Waals surface area contributed by atoms with Crippen LogP contribution >= 0.6 is 0 Å². The van der Waals surface area contributed by atoms with Crippen LogP contribution < -0.4 is 5.32 Å². The molecular weight excluding hydrogens is 328 g/mol. The first-order valence-corrected chi connectivity index (χ1v) is 9.71. The van der Waals surface area contributed by atoms with Gasteiger partial charge >= 0.3 is 0 Å². The van der Waals surface area contributed by atoms with Crippen molar-refractivity contribution in [1.82, 2.24) is 20.1 Å². The van der Waals surface area contributed by atoms with E-state index in [1.807, 2.05) is 18.2 Å². The predicted molar refractivity (Wildman–Crippen MR) is 89.5 cm³/mol. The number of rotatable bonds is 5. The maximum Gasteiger partial charge on any atom is 0.254 e. The lowest BCUT2D eigenvalue weighted by Crippen LogP contribution is -2.26.